The van der Waals surface area contributed by atoms with Crippen LogP contribution in [0.25, 0.3) is 88.4 Å². The monoisotopic (exact) mass is 585 g/mol. The molecule has 46 heavy (non-hydrogen) atoms. The number of benzene rings is 8. The van der Waals surface area contributed by atoms with Crippen molar-refractivity contribution in [3.63, 3.8) is 0 Å². The lowest BCUT2D eigenvalue weighted by Gasteiger charge is -2.11. The fourth-order valence-corrected chi connectivity index (χ4v) is 6.57. The van der Waals surface area contributed by atoms with Crippen molar-refractivity contribution >= 4 is 43.1 Å². The van der Waals surface area contributed by atoms with Crippen molar-refractivity contribution in [1.29, 1.82) is 0 Å². The maximum Gasteiger partial charge on any atom is 0.164 e. The maximum atomic E-state index is 4.89. The van der Waals surface area contributed by atoms with Crippen LogP contribution >= 0.6 is 0 Å². The molecule has 0 saturated heterocycles. The molecule has 1 heterocycles. The lowest BCUT2D eigenvalue weighted by atomic mass is 9.93. The van der Waals surface area contributed by atoms with E-state index in [0.717, 1.165) is 22.3 Å². The zero-order chi connectivity index (χ0) is 30.5. The summed E-state index contributed by atoms with van der Waals surface area (Å²) in [4.78, 5) is 14.6. The summed E-state index contributed by atoms with van der Waals surface area (Å²) in [6.45, 7) is 0. The Kier molecular flexibility index (Phi) is 6.14. The Bertz CT molecular complexity index is 2500. The fraction of sp³-hybridized carbons (Fsp3) is 0. The number of aromatic nitrogens is 3. The third kappa shape index (κ3) is 4.49. The molecular weight excluding hydrogens is 558 g/mol. The van der Waals surface area contributed by atoms with Crippen LogP contribution in [0.15, 0.2) is 164 Å². The van der Waals surface area contributed by atoms with Crippen LogP contribution in [0.2, 0.25) is 0 Å². The number of hydrogen-bond acceptors (Lipinski definition) is 3. The highest BCUT2D eigenvalue weighted by atomic mass is 15.0. The summed E-state index contributed by atoms with van der Waals surface area (Å²) >= 11 is 0. The van der Waals surface area contributed by atoms with Crippen LogP contribution in [0.1, 0.15) is 0 Å². The molecule has 0 N–H and O–H groups in total. The van der Waals surface area contributed by atoms with E-state index in [0.29, 0.717) is 17.5 Å². The van der Waals surface area contributed by atoms with Crippen molar-refractivity contribution < 1.29 is 0 Å². The summed E-state index contributed by atoms with van der Waals surface area (Å²) in [5, 5.41) is 10.2. The van der Waals surface area contributed by atoms with Gasteiger partial charge < -0.3 is 0 Å². The summed E-state index contributed by atoms with van der Waals surface area (Å²) in [6, 6.07) is 57.7. The normalized spacial score (nSPS) is 11.5. The molecule has 9 rings (SSSR count). The quantitative estimate of drug-likeness (QED) is 0.193. The molecule has 0 spiro atoms. The predicted octanol–water partition coefficient (Wildman–Crippen LogP) is 11.2. The molecule has 9 aromatic rings. The van der Waals surface area contributed by atoms with Gasteiger partial charge in [-0.3, -0.25) is 0 Å². The van der Waals surface area contributed by atoms with Gasteiger partial charge in [-0.1, -0.05) is 158 Å². The molecular formula is C43H27N3. The van der Waals surface area contributed by atoms with Crippen LogP contribution < -0.4 is 0 Å². The number of rotatable bonds is 4. The summed E-state index contributed by atoms with van der Waals surface area (Å²) in [5.41, 5.74) is 5.20. The number of nitrogens with zero attached hydrogens (tertiary/aromatic N) is 3. The van der Waals surface area contributed by atoms with Crippen LogP contribution in [0.4, 0.5) is 0 Å². The highest BCUT2D eigenvalue weighted by Gasteiger charge is 2.13. The van der Waals surface area contributed by atoms with Gasteiger partial charge in [0, 0.05) is 16.7 Å². The van der Waals surface area contributed by atoms with Gasteiger partial charge in [0.05, 0.1) is 0 Å². The lowest BCUT2D eigenvalue weighted by Crippen LogP contribution is -2.00. The maximum absolute atomic E-state index is 4.89. The molecule has 214 valence electrons. The Balaban J connectivity index is 1.10. The van der Waals surface area contributed by atoms with E-state index >= 15 is 0 Å². The fourth-order valence-electron chi connectivity index (χ4n) is 6.57. The zero-order valence-electron chi connectivity index (χ0n) is 24.9. The Morgan fingerprint density at radius 3 is 1.24 bits per heavy atom. The smallest absolute Gasteiger partial charge is 0.164 e. The Labute approximate surface area is 266 Å². The van der Waals surface area contributed by atoms with Crippen LogP contribution in [-0.2, 0) is 0 Å². The van der Waals surface area contributed by atoms with Gasteiger partial charge in [0.25, 0.3) is 0 Å². The topological polar surface area (TPSA) is 38.7 Å². The molecule has 0 radical (unpaired) electrons. The Morgan fingerprint density at radius 2 is 0.630 bits per heavy atom. The second kappa shape index (κ2) is 10.8. The molecule has 0 aliphatic heterocycles. The number of fused-ring (bicyclic) bond motifs is 7. The molecule has 0 atom stereocenters. The predicted molar refractivity (Wildman–Crippen MR) is 192 cm³/mol. The van der Waals surface area contributed by atoms with Crippen molar-refractivity contribution in [2.45, 2.75) is 0 Å². The van der Waals surface area contributed by atoms with E-state index in [1.165, 1.54) is 48.7 Å². The average Bonchev–Trinajstić information content (AvgIpc) is 3.14. The molecule has 8 aromatic carbocycles. The molecule has 0 saturated carbocycles. The first-order valence-corrected chi connectivity index (χ1v) is 15.5. The van der Waals surface area contributed by atoms with E-state index in [4.69, 9.17) is 15.0 Å². The third-order valence-electron chi connectivity index (χ3n) is 8.91. The van der Waals surface area contributed by atoms with Crippen LogP contribution in [0.3, 0.4) is 0 Å². The van der Waals surface area contributed by atoms with E-state index in [1.54, 1.807) is 0 Å². The van der Waals surface area contributed by atoms with Gasteiger partial charge in [-0.25, -0.2) is 15.0 Å². The number of hydrogen-bond donors (Lipinski definition) is 0. The molecule has 3 heteroatoms. The lowest BCUT2D eigenvalue weighted by molar-refractivity contribution is 1.07. The molecule has 1 aromatic heterocycles. The van der Waals surface area contributed by atoms with Crippen LogP contribution in [-0.4, -0.2) is 15.0 Å². The van der Waals surface area contributed by atoms with E-state index in [2.05, 4.69) is 103 Å². The van der Waals surface area contributed by atoms with Crippen molar-refractivity contribution in [2.75, 3.05) is 0 Å². The second-order valence-corrected chi connectivity index (χ2v) is 11.7. The summed E-state index contributed by atoms with van der Waals surface area (Å²) < 4.78 is 0. The largest absolute Gasteiger partial charge is 0.208 e. The molecule has 0 aliphatic carbocycles. The van der Waals surface area contributed by atoms with Crippen molar-refractivity contribution in [3.8, 4) is 45.3 Å². The minimum Gasteiger partial charge on any atom is -0.208 e. The van der Waals surface area contributed by atoms with E-state index in [1.807, 2.05) is 60.7 Å². The zero-order valence-corrected chi connectivity index (χ0v) is 24.9. The van der Waals surface area contributed by atoms with Gasteiger partial charge in [-0.05, 0) is 60.3 Å². The van der Waals surface area contributed by atoms with Gasteiger partial charge in [0.15, 0.2) is 17.5 Å². The third-order valence-corrected chi connectivity index (χ3v) is 8.91. The highest BCUT2D eigenvalue weighted by molar-refractivity contribution is 6.22. The molecule has 0 bridgehead atoms. The van der Waals surface area contributed by atoms with Gasteiger partial charge >= 0.3 is 0 Å². The van der Waals surface area contributed by atoms with Crippen molar-refractivity contribution in [1.82, 2.24) is 15.0 Å². The Morgan fingerprint density at radius 1 is 0.239 bits per heavy atom. The van der Waals surface area contributed by atoms with Crippen molar-refractivity contribution in [3.05, 3.63) is 164 Å². The summed E-state index contributed by atoms with van der Waals surface area (Å²) in [7, 11) is 0. The first-order valence-electron chi connectivity index (χ1n) is 15.5. The first-order chi connectivity index (χ1) is 22.8. The second-order valence-electron chi connectivity index (χ2n) is 11.7. The van der Waals surface area contributed by atoms with E-state index in [-0.39, 0.29) is 0 Å². The van der Waals surface area contributed by atoms with Crippen LogP contribution in [0.5, 0.6) is 0 Å². The summed E-state index contributed by atoms with van der Waals surface area (Å²) in [5.74, 6) is 1.98. The van der Waals surface area contributed by atoms with E-state index < -0.39 is 0 Å². The standard InChI is InChI=1S/C43H27N3/c1-3-10-30(11-4-1)41-44-42(31-12-5-2-6-13-31)46-43(45-41)32-17-15-28(16-18-32)33-20-22-36-34(27-33)21-24-40-38(36)26-25-37-35-14-8-7-9-29(35)19-23-39(37)40/h1-27H. The minimum atomic E-state index is 0.657. The van der Waals surface area contributed by atoms with Gasteiger partial charge in [0.1, 0.15) is 0 Å². The molecule has 3 nitrogen and oxygen atoms in total. The van der Waals surface area contributed by atoms with Crippen molar-refractivity contribution in [2.24, 2.45) is 0 Å². The molecule has 0 aliphatic rings. The highest BCUT2D eigenvalue weighted by Crippen LogP contribution is 2.36. The van der Waals surface area contributed by atoms with Gasteiger partial charge in [-0.15, -0.1) is 0 Å². The average molecular weight is 586 g/mol. The molecule has 0 unspecified atom stereocenters. The molecule has 0 amide bonds. The minimum absolute atomic E-state index is 0.657. The van der Waals surface area contributed by atoms with E-state index in [9.17, 15) is 0 Å². The van der Waals surface area contributed by atoms with Gasteiger partial charge in [-0.2, -0.15) is 0 Å². The molecule has 0 fully saturated rings. The van der Waals surface area contributed by atoms with Crippen LogP contribution in [0, 0.1) is 0 Å². The Hall–Kier alpha value is -6.19. The first kappa shape index (κ1) is 26.2. The van der Waals surface area contributed by atoms with Gasteiger partial charge in [0.2, 0.25) is 0 Å². The summed E-state index contributed by atoms with van der Waals surface area (Å²) in [6.07, 6.45) is 0. The SMILES string of the molecule is c1ccc(-c2nc(-c3ccccc3)nc(-c3ccc(-c4ccc5c(ccc6c5ccc5c7ccccc7ccc56)c4)cc3)n2)cc1.